The highest BCUT2D eigenvalue weighted by atomic mass is 14.5. The largest absolute Gasteiger partial charge is 0.0996 e. The Morgan fingerprint density at radius 2 is 1.44 bits per heavy atom. The molecule has 0 bridgehead atoms. The minimum Gasteiger partial charge on any atom is -0.0996 e. The van der Waals surface area contributed by atoms with Gasteiger partial charge in [0.05, 0.1) is 0 Å². The van der Waals surface area contributed by atoms with Crippen LogP contribution in [0.3, 0.4) is 0 Å². The Morgan fingerprint density at radius 1 is 0.667 bits per heavy atom. The standard InChI is InChI=1S/C18H28/c1-12-4-2-6-14-9-10-16-15-7-3-5-13(15)8-11-17(16)18(12)14/h13-18H,1-11H2. The van der Waals surface area contributed by atoms with Crippen molar-refractivity contribution in [3.05, 3.63) is 12.2 Å². The Hall–Kier alpha value is -0.260. The summed E-state index contributed by atoms with van der Waals surface area (Å²) in [4.78, 5) is 0. The Kier molecular flexibility index (Phi) is 2.82. The summed E-state index contributed by atoms with van der Waals surface area (Å²) in [5, 5.41) is 0. The summed E-state index contributed by atoms with van der Waals surface area (Å²) in [6.07, 6.45) is 15.2. The molecule has 0 N–H and O–H groups in total. The summed E-state index contributed by atoms with van der Waals surface area (Å²) in [5.41, 5.74) is 1.65. The van der Waals surface area contributed by atoms with Crippen LogP contribution in [0, 0.1) is 35.5 Å². The smallest absolute Gasteiger partial charge is 0.0146 e. The Balaban J connectivity index is 1.60. The average molecular weight is 244 g/mol. The van der Waals surface area contributed by atoms with E-state index in [0.717, 1.165) is 35.5 Å². The zero-order chi connectivity index (χ0) is 12.1. The second-order valence-corrected chi connectivity index (χ2v) is 7.67. The number of allylic oxidation sites excluding steroid dienone is 1. The Labute approximate surface area is 112 Å². The van der Waals surface area contributed by atoms with Gasteiger partial charge in [0.2, 0.25) is 0 Å². The topological polar surface area (TPSA) is 0 Å². The third-order valence-corrected chi connectivity index (χ3v) is 7.07. The van der Waals surface area contributed by atoms with Crippen LogP contribution < -0.4 is 0 Å². The van der Waals surface area contributed by atoms with Crippen LogP contribution in [0.1, 0.15) is 64.2 Å². The maximum atomic E-state index is 4.48. The molecule has 0 aliphatic heterocycles. The Morgan fingerprint density at radius 3 is 2.39 bits per heavy atom. The second-order valence-electron chi connectivity index (χ2n) is 7.67. The zero-order valence-corrected chi connectivity index (χ0v) is 11.7. The molecule has 18 heavy (non-hydrogen) atoms. The highest BCUT2D eigenvalue weighted by molar-refractivity contribution is 5.12. The van der Waals surface area contributed by atoms with Gasteiger partial charge in [-0.2, -0.15) is 0 Å². The molecule has 4 rings (SSSR count). The zero-order valence-electron chi connectivity index (χ0n) is 11.7. The molecule has 0 aromatic heterocycles. The first-order valence-corrected chi connectivity index (χ1v) is 8.52. The molecule has 0 aromatic rings. The molecular weight excluding hydrogens is 216 g/mol. The molecule has 4 aliphatic rings. The first-order chi connectivity index (χ1) is 8.84. The number of fused-ring (bicyclic) bond motifs is 5. The van der Waals surface area contributed by atoms with Crippen molar-refractivity contribution in [1.29, 1.82) is 0 Å². The monoisotopic (exact) mass is 244 g/mol. The normalized spacial score (nSPS) is 51.4. The van der Waals surface area contributed by atoms with Crippen molar-refractivity contribution in [1.82, 2.24) is 0 Å². The van der Waals surface area contributed by atoms with Crippen LogP contribution in [0.4, 0.5) is 0 Å². The minimum absolute atomic E-state index is 0.944. The molecule has 4 fully saturated rings. The second kappa shape index (κ2) is 4.39. The first kappa shape index (κ1) is 11.6. The molecular formula is C18H28. The molecule has 100 valence electrons. The summed E-state index contributed by atoms with van der Waals surface area (Å²) in [7, 11) is 0. The summed E-state index contributed by atoms with van der Waals surface area (Å²) in [6, 6.07) is 0. The van der Waals surface area contributed by atoms with Crippen molar-refractivity contribution in [2.75, 3.05) is 0 Å². The molecule has 0 amide bonds. The SMILES string of the molecule is C=C1CCCC2CCC3C4CCCC4CCC3C12. The average Bonchev–Trinajstić information content (AvgIpc) is 2.86. The van der Waals surface area contributed by atoms with Crippen molar-refractivity contribution in [3.63, 3.8) is 0 Å². The van der Waals surface area contributed by atoms with Crippen molar-refractivity contribution in [2.24, 2.45) is 35.5 Å². The fourth-order valence-corrected chi connectivity index (χ4v) is 6.45. The van der Waals surface area contributed by atoms with E-state index in [2.05, 4.69) is 6.58 Å². The quantitative estimate of drug-likeness (QED) is 0.514. The van der Waals surface area contributed by atoms with Crippen LogP contribution in [-0.2, 0) is 0 Å². The van der Waals surface area contributed by atoms with Crippen LogP contribution >= 0.6 is 0 Å². The van der Waals surface area contributed by atoms with Gasteiger partial charge < -0.3 is 0 Å². The van der Waals surface area contributed by atoms with Gasteiger partial charge in [0, 0.05) is 0 Å². The lowest BCUT2D eigenvalue weighted by Gasteiger charge is -2.52. The van der Waals surface area contributed by atoms with E-state index in [1.807, 2.05) is 0 Å². The van der Waals surface area contributed by atoms with Gasteiger partial charge in [-0.05, 0) is 86.9 Å². The molecule has 0 saturated heterocycles. The van der Waals surface area contributed by atoms with Crippen LogP contribution in [0.15, 0.2) is 12.2 Å². The maximum Gasteiger partial charge on any atom is -0.0146 e. The lowest BCUT2D eigenvalue weighted by Crippen LogP contribution is -2.44. The summed E-state index contributed by atoms with van der Waals surface area (Å²) in [5.74, 6) is 6.38. The molecule has 0 radical (unpaired) electrons. The first-order valence-electron chi connectivity index (χ1n) is 8.52. The third-order valence-electron chi connectivity index (χ3n) is 7.07. The van der Waals surface area contributed by atoms with Crippen molar-refractivity contribution >= 4 is 0 Å². The van der Waals surface area contributed by atoms with E-state index >= 15 is 0 Å². The molecule has 0 spiro atoms. The predicted molar refractivity (Wildman–Crippen MR) is 76.3 cm³/mol. The fourth-order valence-electron chi connectivity index (χ4n) is 6.45. The number of rotatable bonds is 0. The van der Waals surface area contributed by atoms with Crippen molar-refractivity contribution in [2.45, 2.75) is 64.2 Å². The van der Waals surface area contributed by atoms with Gasteiger partial charge in [-0.3, -0.25) is 0 Å². The molecule has 6 atom stereocenters. The minimum atomic E-state index is 0.944. The van der Waals surface area contributed by atoms with E-state index < -0.39 is 0 Å². The van der Waals surface area contributed by atoms with E-state index in [1.165, 1.54) is 32.1 Å². The van der Waals surface area contributed by atoms with Gasteiger partial charge in [-0.25, -0.2) is 0 Å². The highest BCUT2D eigenvalue weighted by Gasteiger charge is 2.49. The molecule has 4 aliphatic carbocycles. The molecule has 6 unspecified atom stereocenters. The summed E-state index contributed by atoms with van der Waals surface area (Å²) in [6.45, 7) is 4.48. The van der Waals surface area contributed by atoms with Crippen LogP contribution in [-0.4, -0.2) is 0 Å². The summed E-state index contributed by atoms with van der Waals surface area (Å²) >= 11 is 0. The van der Waals surface area contributed by atoms with E-state index in [-0.39, 0.29) is 0 Å². The van der Waals surface area contributed by atoms with Crippen molar-refractivity contribution in [3.8, 4) is 0 Å². The lowest BCUT2D eigenvalue weighted by molar-refractivity contribution is 0.00334. The lowest BCUT2D eigenvalue weighted by atomic mass is 9.53. The van der Waals surface area contributed by atoms with E-state index in [9.17, 15) is 0 Å². The summed E-state index contributed by atoms with van der Waals surface area (Å²) < 4.78 is 0. The van der Waals surface area contributed by atoms with Gasteiger partial charge >= 0.3 is 0 Å². The molecule has 4 saturated carbocycles. The number of hydrogen-bond donors (Lipinski definition) is 0. The van der Waals surface area contributed by atoms with E-state index in [0.29, 0.717) is 0 Å². The maximum absolute atomic E-state index is 4.48. The molecule has 0 heteroatoms. The predicted octanol–water partition coefficient (Wildman–Crippen LogP) is 5.20. The van der Waals surface area contributed by atoms with Gasteiger partial charge in [-0.15, -0.1) is 0 Å². The fraction of sp³-hybridized carbons (Fsp3) is 0.889. The Bertz CT molecular complexity index is 342. The van der Waals surface area contributed by atoms with Crippen molar-refractivity contribution < 1.29 is 0 Å². The van der Waals surface area contributed by atoms with Crippen LogP contribution in [0.5, 0.6) is 0 Å². The molecule has 0 aromatic carbocycles. The van der Waals surface area contributed by atoms with Gasteiger partial charge in [0.25, 0.3) is 0 Å². The van der Waals surface area contributed by atoms with Crippen LogP contribution in [0.2, 0.25) is 0 Å². The van der Waals surface area contributed by atoms with E-state index in [4.69, 9.17) is 0 Å². The van der Waals surface area contributed by atoms with E-state index in [1.54, 1.807) is 37.7 Å². The third kappa shape index (κ3) is 1.63. The van der Waals surface area contributed by atoms with Gasteiger partial charge in [0.15, 0.2) is 0 Å². The molecule has 0 nitrogen and oxygen atoms in total. The molecule has 0 heterocycles. The number of hydrogen-bond acceptors (Lipinski definition) is 0. The van der Waals surface area contributed by atoms with Gasteiger partial charge in [-0.1, -0.05) is 25.0 Å². The van der Waals surface area contributed by atoms with Crippen LogP contribution in [0.25, 0.3) is 0 Å². The highest BCUT2D eigenvalue weighted by Crippen LogP contribution is 2.58. The van der Waals surface area contributed by atoms with Gasteiger partial charge in [0.1, 0.15) is 0 Å².